The number of ether oxygens (including phenoxy) is 1. The third kappa shape index (κ3) is 1.89. The second kappa shape index (κ2) is 4.81. The number of halogens is 1. The monoisotopic (exact) mass is 307 g/mol. The van der Waals surface area contributed by atoms with Crippen LogP contribution < -0.4 is 10.2 Å². The molecule has 3 rings (SSSR count). The molecule has 6 nitrogen and oxygen atoms in total. The van der Waals surface area contributed by atoms with E-state index in [4.69, 9.17) is 9.84 Å². The van der Waals surface area contributed by atoms with Gasteiger partial charge in [0.1, 0.15) is 18.0 Å². The molecule has 2 N–H and O–H groups in total. The number of hydrogen-bond donors (Lipinski definition) is 2. The van der Waals surface area contributed by atoms with E-state index in [9.17, 15) is 19.1 Å². The summed E-state index contributed by atoms with van der Waals surface area (Å²) < 4.78 is 21.4. The first kappa shape index (κ1) is 14.5. The van der Waals surface area contributed by atoms with Gasteiger partial charge in [-0.1, -0.05) is 0 Å². The van der Waals surface area contributed by atoms with Gasteiger partial charge in [-0.3, -0.25) is 4.79 Å². The molecule has 0 spiro atoms. The maximum atomic E-state index is 14.2. The van der Waals surface area contributed by atoms with E-state index in [-0.39, 0.29) is 29.3 Å². The molecule has 22 heavy (non-hydrogen) atoms. The van der Waals surface area contributed by atoms with Crippen LogP contribution in [0.5, 0.6) is 5.75 Å². The lowest BCUT2D eigenvalue weighted by molar-refractivity contribution is 0.0694. The maximum absolute atomic E-state index is 14.2. The van der Waals surface area contributed by atoms with Gasteiger partial charge in [-0.2, -0.15) is 0 Å². The fourth-order valence-electron chi connectivity index (χ4n) is 2.79. The number of rotatable bonds is 2. The molecule has 2 atom stereocenters. The zero-order valence-corrected chi connectivity index (χ0v) is 12.0. The van der Waals surface area contributed by atoms with Crippen LogP contribution >= 0.6 is 0 Å². The van der Waals surface area contributed by atoms with Crippen molar-refractivity contribution in [2.75, 3.05) is 6.61 Å². The molecular weight excluding hydrogens is 293 g/mol. The van der Waals surface area contributed by atoms with Crippen molar-refractivity contribution < 1.29 is 24.1 Å². The molecular formula is C15H14FNO5. The van der Waals surface area contributed by atoms with Crippen molar-refractivity contribution >= 4 is 16.9 Å². The Morgan fingerprint density at radius 1 is 1.55 bits per heavy atom. The molecule has 0 saturated carbocycles. The fourth-order valence-corrected chi connectivity index (χ4v) is 2.79. The van der Waals surface area contributed by atoms with Gasteiger partial charge in [0.05, 0.1) is 28.6 Å². The third-order valence-corrected chi connectivity index (χ3v) is 3.85. The van der Waals surface area contributed by atoms with Crippen LogP contribution in [0, 0.1) is 5.82 Å². The first-order valence-corrected chi connectivity index (χ1v) is 6.78. The van der Waals surface area contributed by atoms with Gasteiger partial charge in [-0.05, 0) is 19.9 Å². The topological polar surface area (TPSA) is 88.8 Å². The average molecular weight is 307 g/mol. The number of benzene rings is 1. The first-order chi connectivity index (χ1) is 10.3. The minimum Gasteiger partial charge on any atom is -0.489 e. The van der Waals surface area contributed by atoms with E-state index in [0.29, 0.717) is 5.52 Å². The Kier molecular flexibility index (Phi) is 3.17. The lowest BCUT2D eigenvalue weighted by Gasteiger charge is -2.29. The van der Waals surface area contributed by atoms with Gasteiger partial charge < -0.3 is 19.5 Å². The molecule has 116 valence electrons. The van der Waals surface area contributed by atoms with E-state index in [0.717, 1.165) is 6.07 Å². The Balaban J connectivity index is 2.54. The summed E-state index contributed by atoms with van der Waals surface area (Å²) in [6.07, 6.45) is 0.128. The molecule has 1 aromatic heterocycles. The van der Waals surface area contributed by atoms with E-state index in [1.807, 2.05) is 0 Å². The van der Waals surface area contributed by atoms with Crippen molar-refractivity contribution in [3.63, 3.8) is 0 Å². The van der Waals surface area contributed by atoms with Gasteiger partial charge in [-0.25, -0.2) is 9.18 Å². The maximum Gasteiger partial charge on any atom is 0.341 e. The summed E-state index contributed by atoms with van der Waals surface area (Å²) in [6.45, 7) is 3.38. The number of pyridine rings is 1. The Hall–Kier alpha value is -2.41. The summed E-state index contributed by atoms with van der Waals surface area (Å²) in [4.78, 5) is 23.5. The van der Waals surface area contributed by atoms with Gasteiger partial charge in [0, 0.05) is 6.20 Å². The fraction of sp³-hybridized carbons (Fsp3) is 0.333. The van der Waals surface area contributed by atoms with Crippen LogP contribution in [0.4, 0.5) is 4.39 Å². The molecule has 1 aliphatic heterocycles. The van der Waals surface area contributed by atoms with E-state index >= 15 is 0 Å². The summed E-state index contributed by atoms with van der Waals surface area (Å²) in [5.41, 5.74) is -0.910. The number of nitrogens with zero attached hydrogens (tertiary/aromatic N) is 1. The lowest BCUT2D eigenvalue weighted by Crippen LogP contribution is -2.27. The Bertz CT molecular complexity index is 855. The second-order valence-electron chi connectivity index (χ2n) is 5.42. The standard InChI is InChI=1S/C15H14FNO5/c1-6-5-22-14-11(7(2)18)10(16)3-8-12(14)17(6)4-9(13(8)19)15(20)21/h3-4,6-7,18H,5H2,1-2H3,(H,20,21)/t6-,7?/m0/s1. The zero-order chi connectivity index (χ0) is 16.2. The van der Waals surface area contributed by atoms with Crippen LogP contribution in [0.25, 0.3) is 10.9 Å². The Labute approximate surface area is 124 Å². The van der Waals surface area contributed by atoms with Gasteiger partial charge in [0.15, 0.2) is 5.75 Å². The van der Waals surface area contributed by atoms with Crippen molar-refractivity contribution in [2.45, 2.75) is 26.0 Å². The number of carboxylic acids is 1. The zero-order valence-electron chi connectivity index (χ0n) is 12.0. The first-order valence-electron chi connectivity index (χ1n) is 6.78. The normalized spacial score (nSPS) is 18.1. The van der Waals surface area contributed by atoms with Crippen LogP contribution in [0.15, 0.2) is 17.1 Å². The molecule has 0 amide bonds. The highest BCUT2D eigenvalue weighted by molar-refractivity contribution is 5.95. The molecule has 1 aromatic carbocycles. The highest BCUT2D eigenvalue weighted by Crippen LogP contribution is 2.39. The van der Waals surface area contributed by atoms with Crippen LogP contribution in [-0.2, 0) is 0 Å². The van der Waals surface area contributed by atoms with Crippen molar-refractivity contribution in [3.05, 3.63) is 39.4 Å². The van der Waals surface area contributed by atoms with Gasteiger partial charge >= 0.3 is 5.97 Å². The molecule has 2 heterocycles. The molecule has 0 aliphatic carbocycles. The van der Waals surface area contributed by atoms with Crippen molar-refractivity contribution in [1.29, 1.82) is 0 Å². The summed E-state index contributed by atoms with van der Waals surface area (Å²) in [6, 6.07) is 0.745. The van der Waals surface area contributed by atoms with Crippen molar-refractivity contribution in [2.24, 2.45) is 0 Å². The lowest BCUT2D eigenvalue weighted by atomic mass is 10.0. The second-order valence-corrected chi connectivity index (χ2v) is 5.42. The Morgan fingerprint density at radius 3 is 2.82 bits per heavy atom. The number of carboxylic acid groups (broad SMARTS) is 1. The van der Waals surface area contributed by atoms with E-state index < -0.39 is 28.9 Å². The largest absolute Gasteiger partial charge is 0.489 e. The highest BCUT2D eigenvalue weighted by Gasteiger charge is 2.29. The minimum absolute atomic E-state index is 0.0318. The number of aromatic carboxylic acids is 1. The molecule has 7 heteroatoms. The summed E-state index contributed by atoms with van der Waals surface area (Å²) >= 11 is 0. The number of aliphatic hydroxyl groups is 1. The average Bonchev–Trinajstić information content (AvgIpc) is 2.43. The third-order valence-electron chi connectivity index (χ3n) is 3.85. The summed E-state index contributed by atoms with van der Waals surface area (Å²) in [7, 11) is 0. The molecule has 0 saturated heterocycles. The number of aromatic nitrogens is 1. The predicted molar refractivity (Wildman–Crippen MR) is 76.0 cm³/mol. The van der Waals surface area contributed by atoms with E-state index in [1.54, 1.807) is 11.5 Å². The van der Waals surface area contributed by atoms with Crippen LogP contribution in [0.1, 0.15) is 41.9 Å². The smallest absolute Gasteiger partial charge is 0.341 e. The van der Waals surface area contributed by atoms with Gasteiger partial charge in [0.25, 0.3) is 0 Å². The molecule has 0 radical (unpaired) electrons. The Morgan fingerprint density at radius 2 is 2.23 bits per heavy atom. The summed E-state index contributed by atoms with van der Waals surface area (Å²) in [5.74, 6) is -2.06. The van der Waals surface area contributed by atoms with Gasteiger partial charge in [0.2, 0.25) is 5.43 Å². The number of aliphatic hydroxyl groups excluding tert-OH is 1. The quantitative estimate of drug-likeness (QED) is 0.884. The minimum atomic E-state index is -1.36. The predicted octanol–water partition coefficient (Wildman–Crippen LogP) is 1.85. The summed E-state index contributed by atoms with van der Waals surface area (Å²) in [5, 5.41) is 18.9. The van der Waals surface area contributed by atoms with Crippen LogP contribution in [0.3, 0.4) is 0 Å². The van der Waals surface area contributed by atoms with Crippen LogP contribution in [-0.4, -0.2) is 27.4 Å². The SMILES string of the molecule is CC(O)c1c(F)cc2c(=O)c(C(=O)O)cn3c2c1OC[C@@H]3C. The number of carbonyl (C=O) groups is 1. The molecule has 1 unspecified atom stereocenters. The van der Waals surface area contributed by atoms with Gasteiger partial charge in [-0.15, -0.1) is 0 Å². The molecule has 1 aliphatic rings. The van der Waals surface area contributed by atoms with E-state index in [2.05, 4.69) is 0 Å². The molecule has 0 bridgehead atoms. The van der Waals surface area contributed by atoms with Crippen LogP contribution in [0.2, 0.25) is 0 Å². The van der Waals surface area contributed by atoms with Crippen molar-refractivity contribution in [3.8, 4) is 5.75 Å². The molecule has 0 fully saturated rings. The van der Waals surface area contributed by atoms with E-state index in [1.165, 1.54) is 13.1 Å². The molecule has 2 aromatic rings. The van der Waals surface area contributed by atoms with Crippen molar-refractivity contribution in [1.82, 2.24) is 4.57 Å². The number of hydrogen-bond acceptors (Lipinski definition) is 4. The highest BCUT2D eigenvalue weighted by atomic mass is 19.1.